The number of anilines is 1. The van der Waals surface area contributed by atoms with E-state index in [1.54, 1.807) is 36.4 Å². The highest BCUT2D eigenvalue weighted by molar-refractivity contribution is 6.22. The first kappa shape index (κ1) is 22.2. The molecule has 1 aliphatic heterocycles. The van der Waals surface area contributed by atoms with Gasteiger partial charge in [0.1, 0.15) is 6.54 Å². The van der Waals surface area contributed by atoms with E-state index in [0.717, 1.165) is 30.6 Å². The van der Waals surface area contributed by atoms with Crippen LogP contribution in [0.3, 0.4) is 0 Å². The van der Waals surface area contributed by atoms with Gasteiger partial charge in [-0.05, 0) is 37.1 Å². The van der Waals surface area contributed by atoms with Crippen molar-refractivity contribution in [3.8, 4) is 0 Å². The van der Waals surface area contributed by atoms with E-state index in [0.29, 0.717) is 11.3 Å². The fourth-order valence-electron chi connectivity index (χ4n) is 4.01. The number of carbonyl (C=O) groups is 5. The van der Waals surface area contributed by atoms with Gasteiger partial charge >= 0.3 is 5.97 Å². The molecule has 0 saturated heterocycles. The van der Waals surface area contributed by atoms with E-state index in [2.05, 4.69) is 10.6 Å². The summed E-state index contributed by atoms with van der Waals surface area (Å²) < 4.78 is 4.94. The van der Waals surface area contributed by atoms with E-state index in [4.69, 9.17) is 4.74 Å². The number of imide groups is 1. The largest absolute Gasteiger partial charge is 0.454 e. The highest BCUT2D eigenvalue weighted by Crippen LogP contribution is 2.22. The van der Waals surface area contributed by atoms with Crippen LogP contribution in [0.1, 0.15) is 56.8 Å². The number of nitrogens with zero attached hydrogens (tertiary/aromatic N) is 1. The summed E-state index contributed by atoms with van der Waals surface area (Å²) in [5.74, 6) is -2.99. The summed E-state index contributed by atoms with van der Waals surface area (Å²) >= 11 is 0. The van der Waals surface area contributed by atoms with Gasteiger partial charge < -0.3 is 15.4 Å². The van der Waals surface area contributed by atoms with Crippen molar-refractivity contribution in [1.82, 2.24) is 10.2 Å². The van der Waals surface area contributed by atoms with Crippen LogP contribution in [-0.4, -0.2) is 53.7 Å². The summed E-state index contributed by atoms with van der Waals surface area (Å²) in [5.41, 5.74) is 1.06. The number of nitrogens with one attached hydrogen (secondary N) is 2. The molecule has 9 nitrogen and oxygen atoms in total. The van der Waals surface area contributed by atoms with Crippen LogP contribution < -0.4 is 10.6 Å². The molecule has 0 spiro atoms. The van der Waals surface area contributed by atoms with Gasteiger partial charge in [-0.25, -0.2) is 0 Å². The maximum atomic E-state index is 12.6. The minimum atomic E-state index is -0.896. The lowest BCUT2D eigenvalue weighted by molar-refractivity contribution is -0.147. The molecule has 170 valence electrons. The molecule has 1 aliphatic carbocycles. The Kier molecular flexibility index (Phi) is 6.48. The number of benzene rings is 2. The Bertz CT molecular complexity index is 1090. The third kappa shape index (κ3) is 4.92. The van der Waals surface area contributed by atoms with Gasteiger partial charge in [0.15, 0.2) is 6.61 Å². The molecule has 2 aliphatic rings. The molecule has 4 amide bonds. The maximum Gasteiger partial charge on any atom is 0.326 e. The number of para-hydroxylation sites is 1. The van der Waals surface area contributed by atoms with E-state index in [1.165, 1.54) is 12.1 Å². The summed E-state index contributed by atoms with van der Waals surface area (Å²) in [6.07, 6.45) is 4.03. The molecular formula is C24H23N3O6. The third-order valence-corrected chi connectivity index (χ3v) is 5.67. The van der Waals surface area contributed by atoms with Gasteiger partial charge in [0.2, 0.25) is 0 Å². The van der Waals surface area contributed by atoms with Crippen molar-refractivity contribution in [3.63, 3.8) is 0 Å². The Hall–Kier alpha value is -4.01. The van der Waals surface area contributed by atoms with Crippen LogP contribution in [0, 0.1) is 0 Å². The predicted octanol–water partition coefficient (Wildman–Crippen LogP) is 2.14. The third-order valence-electron chi connectivity index (χ3n) is 5.67. The Morgan fingerprint density at radius 3 is 2.18 bits per heavy atom. The normalized spacial score (nSPS) is 15.3. The van der Waals surface area contributed by atoms with Gasteiger partial charge in [0.25, 0.3) is 23.6 Å². The minimum absolute atomic E-state index is 0.129. The van der Waals surface area contributed by atoms with Crippen molar-refractivity contribution < 1.29 is 28.7 Å². The first-order valence-electron chi connectivity index (χ1n) is 10.7. The Morgan fingerprint density at radius 2 is 1.52 bits per heavy atom. The lowest BCUT2D eigenvalue weighted by Crippen LogP contribution is -2.36. The number of hydrogen-bond donors (Lipinski definition) is 2. The second kappa shape index (κ2) is 9.64. The van der Waals surface area contributed by atoms with Crippen LogP contribution in [0.2, 0.25) is 0 Å². The molecule has 0 aromatic heterocycles. The molecule has 2 aromatic carbocycles. The molecule has 1 heterocycles. The summed E-state index contributed by atoms with van der Waals surface area (Å²) in [4.78, 5) is 62.5. The number of ether oxygens (including phenoxy) is 1. The van der Waals surface area contributed by atoms with Gasteiger partial charge in [-0.2, -0.15) is 0 Å². The summed E-state index contributed by atoms with van der Waals surface area (Å²) in [7, 11) is 0. The average molecular weight is 449 g/mol. The smallest absolute Gasteiger partial charge is 0.326 e. The maximum absolute atomic E-state index is 12.6. The Labute approximate surface area is 190 Å². The molecule has 0 atom stereocenters. The van der Waals surface area contributed by atoms with Crippen LogP contribution in [0.15, 0.2) is 48.5 Å². The number of esters is 1. The molecule has 0 unspecified atom stereocenters. The zero-order chi connectivity index (χ0) is 23.4. The summed E-state index contributed by atoms with van der Waals surface area (Å²) in [5, 5.41) is 5.54. The molecule has 2 aromatic rings. The second-order valence-corrected chi connectivity index (χ2v) is 7.95. The van der Waals surface area contributed by atoms with Crippen molar-refractivity contribution in [2.75, 3.05) is 18.5 Å². The van der Waals surface area contributed by atoms with E-state index in [1.807, 2.05) is 0 Å². The first-order valence-corrected chi connectivity index (χ1v) is 10.7. The Morgan fingerprint density at radius 1 is 0.909 bits per heavy atom. The monoisotopic (exact) mass is 449 g/mol. The molecule has 1 saturated carbocycles. The van der Waals surface area contributed by atoms with Crippen molar-refractivity contribution in [2.45, 2.75) is 31.7 Å². The van der Waals surface area contributed by atoms with Crippen molar-refractivity contribution in [1.29, 1.82) is 0 Å². The number of amides is 4. The van der Waals surface area contributed by atoms with E-state index in [-0.39, 0.29) is 23.1 Å². The van der Waals surface area contributed by atoms with Crippen molar-refractivity contribution in [2.24, 2.45) is 0 Å². The van der Waals surface area contributed by atoms with E-state index in [9.17, 15) is 24.0 Å². The topological polar surface area (TPSA) is 122 Å². The highest BCUT2D eigenvalue weighted by atomic mass is 16.5. The fourth-order valence-corrected chi connectivity index (χ4v) is 4.01. The quantitative estimate of drug-likeness (QED) is 0.493. The molecule has 9 heteroatoms. The van der Waals surface area contributed by atoms with Gasteiger partial charge in [-0.3, -0.25) is 28.9 Å². The predicted molar refractivity (Wildman–Crippen MR) is 118 cm³/mol. The number of rotatable bonds is 7. The lowest BCUT2D eigenvalue weighted by Gasteiger charge is -2.15. The summed E-state index contributed by atoms with van der Waals surface area (Å²) in [6.45, 7) is -1.22. The molecule has 33 heavy (non-hydrogen) atoms. The number of hydrogen-bond acceptors (Lipinski definition) is 6. The van der Waals surface area contributed by atoms with Crippen LogP contribution in [0.25, 0.3) is 0 Å². The minimum Gasteiger partial charge on any atom is -0.454 e. The molecule has 0 radical (unpaired) electrons. The second-order valence-electron chi connectivity index (χ2n) is 7.95. The van der Waals surface area contributed by atoms with E-state index < -0.39 is 36.8 Å². The lowest BCUT2D eigenvalue weighted by atomic mass is 10.1. The van der Waals surface area contributed by atoms with Crippen molar-refractivity contribution in [3.05, 3.63) is 65.2 Å². The van der Waals surface area contributed by atoms with Gasteiger partial charge in [0.05, 0.1) is 22.4 Å². The number of carbonyl (C=O) groups excluding carboxylic acids is 5. The molecule has 2 N–H and O–H groups in total. The molecule has 0 bridgehead atoms. The van der Waals surface area contributed by atoms with Crippen LogP contribution in [0.4, 0.5) is 5.69 Å². The van der Waals surface area contributed by atoms with Gasteiger partial charge in [-0.1, -0.05) is 37.1 Å². The summed E-state index contributed by atoms with van der Waals surface area (Å²) in [6, 6.07) is 13.0. The van der Waals surface area contributed by atoms with Crippen LogP contribution in [-0.2, 0) is 14.3 Å². The fraction of sp³-hybridized carbons (Fsp3) is 0.292. The standard InChI is InChI=1S/C24H23N3O6/c28-20(26-19-12-6-5-11-18(19)22(30)25-15-7-1-2-8-15)14-33-21(29)13-27-23(31)16-9-3-4-10-17(16)24(27)32/h3-6,9-12,15H,1-2,7-8,13-14H2,(H,25,30)(H,26,28). The molecule has 4 rings (SSSR count). The SMILES string of the molecule is O=C(COC(=O)CN1C(=O)c2ccccc2C1=O)Nc1ccccc1C(=O)NC1CCCC1. The zero-order valence-corrected chi connectivity index (χ0v) is 17.8. The molecule has 1 fully saturated rings. The van der Waals surface area contributed by atoms with Gasteiger partial charge in [0, 0.05) is 6.04 Å². The zero-order valence-electron chi connectivity index (χ0n) is 17.8. The Balaban J connectivity index is 1.30. The van der Waals surface area contributed by atoms with Crippen LogP contribution in [0.5, 0.6) is 0 Å². The average Bonchev–Trinajstić information content (AvgIpc) is 3.41. The highest BCUT2D eigenvalue weighted by Gasteiger charge is 2.36. The number of fused-ring (bicyclic) bond motifs is 1. The first-order chi connectivity index (χ1) is 15.9. The van der Waals surface area contributed by atoms with Crippen LogP contribution >= 0.6 is 0 Å². The van der Waals surface area contributed by atoms with Gasteiger partial charge in [-0.15, -0.1) is 0 Å². The van der Waals surface area contributed by atoms with Crippen molar-refractivity contribution >= 4 is 35.3 Å². The molecular weight excluding hydrogens is 426 g/mol. The van der Waals surface area contributed by atoms with E-state index >= 15 is 0 Å².